The number of hydrogen-bond donors (Lipinski definition) is 1. The maximum absolute atomic E-state index is 12.6. The van der Waals surface area contributed by atoms with E-state index < -0.39 is 5.91 Å². The van der Waals surface area contributed by atoms with Crippen LogP contribution in [0, 0.1) is 0 Å². The number of fused-ring (bicyclic) bond motifs is 1. The molecule has 0 saturated carbocycles. The van der Waals surface area contributed by atoms with Crippen LogP contribution in [0.5, 0.6) is 5.75 Å². The maximum atomic E-state index is 12.6. The summed E-state index contributed by atoms with van der Waals surface area (Å²) in [6.07, 6.45) is 1.40. The fourth-order valence-electron chi connectivity index (χ4n) is 2.19. The summed E-state index contributed by atoms with van der Waals surface area (Å²) in [4.78, 5) is 23.4. The van der Waals surface area contributed by atoms with E-state index in [9.17, 15) is 9.59 Å². The first kappa shape index (κ1) is 15.1. The first-order chi connectivity index (χ1) is 11.0. The number of furan rings is 1. The fourth-order valence-corrected chi connectivity index (χ4v) is 2.31. The summed E-state index contributed by atoms with van der Waals surface area (Å²) in [5.74, 6) is -0.329. The molecule has 3 rings (SSSR count). The van der Waals surface area contributed by atoms with Crippen LogP contribution in [0.1, 0.15) is 15.9 Å². The van der Waals surface area contributed by atoms with Gasteiger partial charge in [-0.25, -0.2) is 0 Å². The Bertz CT molecular complexity index is 883. The standard InChI is InChI=1S/C17H12ClNO4/c18-11-3-1-10(2-4-11)17(21)14-8-23-15-6-5-12(7-13(14)15)22-9-16(19)20/h1-8H,9H2,(H2,19,20). The van der Waals surface area contributed by atoms with Crippen LogP contribution in [-0.2, 0) is 4.79 Å². The van der Waals surface area contributed by atoms with E-state index in [1.807, 2.05) is 0 Å². The molecule has 116 valence electrons. The zero-order valence-electron chi connectivity index (χ0n) is 11.9. The molecule has 0 aliphatic rings. The Morgan fingerprint density at radius 2 is 1.87 bits per heavy atom. The molecule has 2 aromatic carbocycles. The summed E-state index contributed by atoms with van der Waals surface area (Å²) in [6.45, 7) is -0.232. The highest BCUT2D eigenvalue weighted by molar-refractivity contribution is 6.30. The van der Waals surface area contributed by atoms with Crippen LogP contribution in [0.2, 0.25) is 5.02 Å². The monoisotopic (exact) mass is 329 g/mol. The van der Waals surface area contributed by atoms with Crippen LogP contribution in [0.4, 0.5) is 0 Å². The van der Waals surface area contributed by atoms with Crippen LogP contribution in [0.25, 0.3) is 11.0 Å². The largest absolute Gasteiger partial charge is 0.484 e. The summed E-state index contributed by atoms with van der Waals surface area (Å²) in [7, 11) is 0. The Balaban J connectivity index is 1.96. The van der Waals surface area contributed by atoms with E-state index in [-0.39, 0.29) is 12.4 Å². The molecule has 0 aliphatic carbocycles. The third kappa shape index (κ3) is 3.19. The van der Waals surface area contributed by atoms with E-state index in [4.69, 9.17) is 26.5 Å². The topological polar surface area (TPSA) is 82.5 Å². The molecular formula is C17H12ClNO4. The number of primary amides is 1. The van der Waals surface area contributed by atoms with Crippen LogP contribution in [0.3, 0.4) is 0 Å². The summed E-state index contributed by atoms with van der Waals surface area (Å²) < 4.78 is 10.7. The van der Waals surface area contributed by atoms with Crippen LogP contribution in [-0.4, -0.2) is 18.3 Å². The summed E-state index contributed by atoms with van der Waals surface area (Å²) in [5, 5.41) is 1.16. The normalized spacial score (nSPS) is 10.7. The van der Waals surface area contributed by atoms with Gasteiger partial charge in [-0.3, -0.25) is 9.59 Å². The molecule has 23 heavy (non-hydrogen) atoms. The van der Waals surface area contributed by atoms with Crippen molar-refractivity contribution in [3.63, 3.8) is 0 Å². The van der Waals surface area contributed by atoms with Gasteiger partial charge in [0, 0.05) is 16.0 Å². The summed E-state index contributed by atoms with van der Waals surface area (Å²) >= 11 is 5.83. The molecule has 0 saturated heterocycles. The molecule has 0 aliphatic heterocycles. The van der Waals surface area contributed by atoms with E-state index in [2.05, 4.69) is 0 Å². The third-order valence-electron chi connectivity index (χ3n) is 3.28. The number of benzene rings is 2. The molecule has 0 atom stereocenters. The number of rotatable bonds is 5. The van der Waals surface area contributed by atoms with Crippen molar-refractivity contribution >= 4 is 34.3 Å². The van der Waals surface area contributed by atoms with Crippen LogP contribution < -0.4 is 10.5 Å². The molecule has 0 radical (unpaired) electrons. The minimum absolute atomic E-state index is 0.188. The van der Waals surface area contributed by atoms with Gasteiger partial charge >= 0.3 is 0 Å². The molecule has 1 heterocycles. The highest BCUT2D eigenvalue weighted by Gasteiger charge is 2.16. The van der Waals surface area contributed by atoms with Crippen molar-refractivity contribution in [2.45, 2.75) is 0 Å². The second-order valence-corrected chi connectivity index (χ2v) is 5.33. The van der Waals surface area contributed by atoms with E-state index in [0.29, 0.717) is 32.9 Å². The van der Waals surface area contributed by atoms with Gasteiger partial charge in [0.05, 0.1) is 5.56 Å². The van der Waals surface area contributed by atoms with Crippen molar-refractivity contribution in [1.29, 1.82) is 0 Å². The first-order valence-corrected chi connectivity index (χ1v) is 7.15. The lowest BCUT2D eigenvalue weighted by molar-refractivity contribution is -0.119. The fraction of sp³-hybridized carbons (Fsp3) is 0.0588. The van der Waals surface area contributed by atoms with Gasteiger partial charge in [-0.2, -0.15) is 0 Å². The lowest BCUT2D eigenvalue weighted by Gasteiger charge is -2.04. The Hall–Kier alpha value is -2.79. The average Bonchev–Trinajstić information content (AvgIpc) is 2.96. The number of amides is 1. The number of carbonyl (C=O) groups excluding carboxylic acids is 2. The van der Waals surface area contributed by atoms with Gasteiger partial charge in [-0.1, -0.05) is 11.6 Å². The van der Waals surface area contributed by atoms with Crippen molar-refractivity contribution < 1.29 is 18.7 Å². The van der Waals surface area contributed by atoms with Gasteiger partial charge in [0.2, 0.25) is 0 Å². The highest BCUT2D eigenvalue weighted by Crippen LogP contribution is 2.28. The Labute approximate surface area is 136 Å². The van der Waals surface area contributed by atoms with E-state index >= 15 is 0 Å². The number of nitrogens with two attached hydrogens (primary N) is 1. The highest BCUT2D eigenvalue weighted by atomic mass is 35.5. The second-order valence-electron chi connectivity index (χ2n) is 4.90. The Morgan fingerprint density at radius 3 is 2.57 bits per heavy atom. The molecule has 3 aromatic rings. The van der Waals surface area contributed by atoms with Gasteiger partial charge in [0.15, 0.2) is 12.4 Å². The van der Waals surface area contributed by atoms with Gasteiger partial charge in [0.25, 0.3) is 5.91 Å². The van der Waals surface area contributed by atoms with Crippen molar-refractivity contribution in [2.24, 2.45) is 5.73 Å². The summed E-state index contributed by atoms with van der Waals surface area (Å²) in [5.41, 5.74) is 6.51. The van der Waals surface area contributed by atoms with Crippen LogP contribution in [0.15, 0.2) is 53.1 Å². The van der Waals surface area contributed by atoms with E-state index in [1.54, 1.807) is 42.5 Å². The zero-order chi connectivity index (χ0) is 16.4. The molecule has 0 bridgehead atoms. The number of ether oxygens (including phenoxy) is 1. The minimum Gasteiger partial charge on any atom is -0.484 e. The Kier molecular flexibility index (Phi) is 4.04. The van der Waals surface area contributed by atoms with Crippen molar-refractivity contribution in [2.75, 3.05) is 6.61 Å². The minimum atomic E-state index is -0.574. The molecule has 2 N–H and O–H groups in total. The van der Waals surface area contributed by atoms with E-state index in [1.165, 1.54) is 6.26 Å². The number of carbonyl (C=O) groups is 2. The Morgan fingerprint density at radius 1 is 1.13 bits per heavy atom. The van der Waals surface area contributed by atoms with Gasteiger partial charge < -0.3 is 14.9 Å². The second kappa shape index (κ2) is 6.14. The number of ketones is 1. The van der Waals surface area contributed by atoms with Crippen molar-refractivity contribution in [1.82, 2.24) is 0 Å². The lowest BCUT2D eigenvalue weighted by atomic mass is 10.0. The lowest BCUT2D eigenvalue weighted by Crippen LogP contribution is -2.19. The van der Waals surface area contributed by atoms with Crippen molar-refractivity contribution in [3.05, 3.63) is 64.9 Å². The van der Waals surface area contributed by atoms with Gasteiger partial charge in [0.1, 0.15) is 17.6 Å². The van der Waals surface area contributed by atoms with Gasteiger partial charge in [-0.15, -0.1) is 0 Å². The first-order valence-electron chi connectivity index (χ1n) is 6.77. The molecule has 0 unspecified atom stereocenters. The van der Waals surface area contributed by atoms with E-state index in [0.717, 1.165) is 0 Å². The molecular weight excluding hydrogens is 318 g/mol. The van der Waals surface area contributed by atoms with Crippen molar-refractivity contribution in [3.8, 4) is 5.75 Å². The predicted molar refractivity (Wildman–Crippen MR) is 85.8 cm³/mol. The third-order valence-corrected chi connectivity index (χ3v) is 3.53. The molecule has 0 fully saturated rings. The number of halogens is 1. The van der Waals surface area contributed by atoms with Gasteiger partial charge in [-0.05, 0) is 42.5 Å². The predicted octanol–water partition coefficient (Wildman–Crippen LogP) is 3.18. The SMILES string of the molecule is NC(=O)COc1ccc2occ(C(=O)c3ccc(Cl)cc3)c2c1. The average molecular weight is 330 g/mol. The van der Waals surface area contributed by atoms with Crippen LogP contribution >= 0.6 is 11.6 Å². The zero-order valence-corrected chi connectivity index (χ0v) is 12.7. The number of hydrogen-bond acceptors (Lipinski definition) is 4. The maximum Gasteiger partial charge on any atom is 0.255 e. The smallest absolute Gasteiger partial charge is 0.255 e. The molecule has 5 nitrogen and oxygen atoms in total. The summed E-state index contributed by atoms with van der Waals surface area (Å²) in [6, 6.07) is 11.6. The molecule has 6 heteroatoms. The molecule has 1 aromatic heterocycles. The molecule has 0 spiro atoms. The quantitative estimate of drug-likeness (QED) is 0.729. The molecule has 1 amide bonds.